The van der Waals surface area contributed by atoms with Crippen molar-refractivity contribution in [1.82, 2.24) is 0 Å². The molecular formula is C19H36N4O10+2. The molecule has 1 atom stereocenters. The van der Waals surface area contributed by atoms with Crippen LogP contribution in [-0.4, -0.2) is 113 Å². The van der Waals surface area contributed by atoms with Crippen LogP contribution in [0.3, 0.4) is 0 Å². The number of carbonyl (C=O) groups is 5. The molecule has 0 aliphatic carbocycles. The number of esters is 1. The standard InChI is InChI=1S/C11H21NO4.C4H9N3O2.C4H4O4/c1-8(2)6-10(13)16-9(11(14)15)7-12(3,4)5;1-7(4(5)6)2-3(8)9;5-3(6)1-2-4(7)8/h8-9H,6-7H2,1-5H3;2H2,1H3,(H4,5,6,8,9);1-2H,(H,5,6)(H,7,8)/p+2/b;;2-1+/t9-;;/m1../s1. The van der Waals surface area contributed by atoms with Gasteiger partial charge in [0.25, 0.3) is 0 Å². The van der Waals surface area contributed by atoms with E-state index in [0.29, 0.717) is 16.6 Å². The summed E-state index contributed by atoms with van der Waals surface area (Å²) >= 11 is 0. The van der Waals surface area contributed by atoms with Crippen LogP contribution in [0.2, 0.25) is 0 Å². The molecule has 0 aliphatic heterocycles. The van der Waals surface area contributed by atoms with E-state index in [1.807, 2.05) is 35.0 Å². The van der Waals surface area contributed by atoms with Crippen molar-refractivity contribution in [3.8, 4) is 0 Å². The van der Waals surface area contributed by atoms with Crippen molar-refractivity contribution in [2.24, 2.45) is 17.4 Å². The number of aliphatic carboxylic acids is 4. The average molecular weight is 481 g/mol. The van der Waals surface area contributed by atoms with Crippen LogP contribution in [0.15, 0.2) is 12.2 Å². The second-order valence-corrected chi connectivity index (χ2v) is 8.07. The Bertz CT molecular complexity index is 719. The first-order valence-corrected chi connectivity index (χ1v) is 9.45. The quantitative estimate of drug-likeness (QED) is 0.0520. The maximum absolute atomic E-state index is 11.4. The molecule has 0 aromatic carbocycles. The number of hydrogen-bond acceptors (Lipinski definition) is 6. The lowest BCUT2D eigenvalue weighted by Crippen LogP contribution is -2.46. The molecule has 0 aliphatic rings. The van der Waals surface area contributed by atoms with Crippen molar-refractivity contribution < 1.29 is 58.2 Å². The summed E-state index contributed by atoms with van der Waals surface area (Å²) in [6.07, 6.45) is 0.303. The SMILES string of the molecule is CC(C)CC(=O)O[C@H](C[N+](C)(C)C)C(=O)O.C[N+](CC(=O)O)=C(N)N.O=C(O)/C=C/C(=O)O. The second kappa shape index (κ2) is 16.9. The van der Waals surface area contributed by atoms with E-state index in [1.165, 1.54) is 11.6 Å². The number of guanidine groups is 1. The lowest BCUT2D eigenvalue weighted by Gasteiger charge is -2.27. The Kier molecular flexibility index (Phi) is 17.4. The van der Waals surface area contributed by atoms with Crippen molar-refractivity contribution in [2.45, 2.75) is 26.4 Å². The number of carbonyl (C=O) groups excluding carboxylic acids is 1. The molecule has 0 aromatic heterocycles. The minimum Gasteiger partial charge on any atom is -0.479 e. The molecule has 0 saturated heterocycles. The Morgan fingerprint density at radius 2 is 1.36 bits per heavy atom. The molecule has 0 rings (SSSR count). The Morgan fingerprint density at radius 1 is 0.939 bits per heavy atom. The van der Waals surface area contributed by atoms with Gasteiger partial charge in [-0.25, -0.2) is 19.2 Å². The Labute approximate surface area is 191 Å². The Hall–Kier alpha value is -3.68. The zero-order valence-corrected chi connectivity index (χ0v) is 19.7. The van der Waals surface area contributed by atoms with Gasteiger partial charge in [-0.15, -0.1) is 0 Å². The van der Waals surface area contributed by atoms with Crippen molar-refractivity contribution in [1.29, 1.82) is 0 Å². The van der Waals surface area contributed by atoms with Gasteiger partial charge in [0.2, 0.25) is 6.10 Å². The molecule has 0 aromatic rings. The van der Waals surface area contributed by atoms with E-state index in [2.05, 4.69) is 0 Å². The van der Waals surface area contributed by atoms with Gasteiger partial charge in [0.1, 0.15) is 6.54 Å². The molecule has 0 saturated carbocycles. The molecule has 14 heteroatoms. The molecule has 0 fully saturated rings. The fraction of sp³-hybridized carbons (Fsp3) is 0.579. The van der Waals surface area contributed by atoms with E-state index >= 15 is 0 Å². The third kappa shape index (κ3) is 28.3. The van der Waals surface area contributed by atoms with Crippen LogP contribution in [0.25, 0.3) is 0 Å². The topological polar surface area (TPSA) is 231 Å². The lowest BCUT2D eigenvalue weighted by molar-refractivity contribution is -0.872. The zero-order chi connectivity index (χ0) is 26.9. The molecule has 190 valence electrons. The zero-order valence-electron chi connectivity index (χ0n) is 19.7. The van der Waals surface area contributed by atoms with E-state index in [1.54, 1.807) is 0 Å². The van der Waals surface area contributed by atoms with Gasteiger partial charge in [0, 0.05) is 18.6 Å². The maximum atomic E-state index is 11.4. The first-order chi connectivity index (χ1) is 14.8. The van der Waals surface area contributed by atoms with Gasteiger partial charge < -0.3 is 29.6 Å². The fourth-order valence-electron chi connectivity index (χ4n) is 1.64. The molecule has 0 radical (unpaired) electrons. The largest absolute Gasteiger partial charge is 0.479 e. The number of likely N-dealkylation sites (N-methyl/N-ethyl adjacent to an activating group) is 2. The summed E-state index contributed by atoms with van der Waals surface area (Å²) in [6, 6.07) is 0. The van der Waals surface area contributed by atoms with Crippen LogP contribution >= 0.6 is 0 Å². The summed E-state index contributed by atoms with van der Waals surface area (Å²) in [5.74, 6) is -4.82. The van der Waals surface area contributed by atoms with Gasteiger partial charge in [0.15, 0.2) is 6.54 Å². The van der Waals surface area contributed by atoms with Crippen LogP contribution in [0.1, 0.15) is 20.3 Å². The van der Waals surface area contributed by atoms with Crippen molar-refractivity contribution in [2.75, 3.05) is 41.3 Å². The number of nitrogens with two attached hydrogens (primary N) is 2. The highest BCUT2D eigenvalue weighted by molar-refractivity contribution is 5.89. The van der Waals surface area contributed by atoms with E-state index in [0.717, 1.165) is 0 Å². The maximum Gasteiger partial charge on any atom is 0.351 e. The number of ether oxygens (including phenoxy) is 1. The normalized spacial score (nSPS) is 11.2. The highest BCUT2D eigenvalue weighted by Gasteiger charge is 2.28. The predicted octanol–water partition coefficient (Wildman–Crippen LogP) is -1.57. The van der Waals surface area contributed by atoms with Gasteiger partial charge in [0.05, 0.1) is 28.2 Å². The van der Waals surface area contributed by atoms with E-state index in [4.69, 9.17) is 36.6 Å². The van der Waals surface area contributed by atoms with Gasteiger partial charge in [-0.05, 0) is 5.92 Å². The van der Waals surface area contributed by atoms with Crippen LogP contribution in [0.4, 0.5) is 0 Å². The first-order valence-electron chi connectivity index (χ1n) is 9.45. The van der Waals surface area contributed by atoms with Crippen LogP contribution < -0.4 is 11.5 Å². The van der Waals surface area contributed by atoms with Crippen molar-refractivity contribution in [3.05, 3.63) is 12.2 Å². The summed E-state index contributed by atoms with van der Waals surface area (Å²) in [5.41, 5.74) is 10.1. The first kappa shape index (κ1) is 33.9. The van der Waals surface area contributed by atoms with Crippen LogP contribution in [0, 0.1) is 5.92 Å². The van der Waals surface area contributed by atoms with Crippen molar-refractivity contribution >= 4 is 35.8 Å². The third-order valence-corrected chi connectivity index (χ3v) is 3.02. The minimum atomic E-state index is -1.26. The molecule has 14 nitrogen and oxygen atoms in total. The molecule has 0 amide bonds. The number of hydrogen-bond donors (Lipinski definition) is 6. The van der Waals surface area contributed by atoms with Gasteiger partial charge in [-0.3, -0.25) is 20.8 Å². The molecule has 0 spiro atoms. The van der Waals surface area contributed by atoms with E-state index in [9.17, 15) is 24.0 Å². The Balaban J connectivity index is -0.000000449. The fourth-order valence-corrected chi connectivity index (χ4v) is 1.64. The lowest BCUT2D eigenvalue weighted by atomic mass is 10.1. The molecule has 0 heterocycles. The van der Waals surface area contributed by atoms with Gasteiger partial charge in [-0.2, -0.15) is 0 Å². The number of carboxylic acids is 4. The summed E-state index contributed by atoms with van der Waals surface area (Å²) in [5, 5.41) is 32.7. The van der Waals surface area contributed by atoms with Crippen LogP contribution in [0.5, 0.6) is 0 Å². The third-order valence-electron chi connectivity index (χ3n) is 3.02. The van der Waals surface area contributed by atoms with Gasteiger partial charge >= 0.3 is 35.8 Å². The summed E-state index contributed by atoms with van der Waals surface area (Å²) in [6.45, 7) is 3.87. The average Bonchev–Trinajstić information content (AvgIpc) is 2.57. The summed E-state index contributed by atoms with van der Waals surface area (Å²) < 4.78 is 6.62. The summed E-state index contributed by atoms with van der Waals surface area (Å²) in [4.78, 5) is 51.3. The number of rotatable bonds is 10. The second-order valence-electron chi connectivity index (χ2n) is 8.07. The van der Waals surface area contributed by atoms with Gasteiger partial charge in [-0.1, -0.05) is 13.8 Å². The van der Waals surface area contributed by atoms with Crippen molar-refractivity contribution in [3.63, 3.8) is 0 Å². The number of carboxylic acid groups (broad SMARTS) is 4. The van der Waals surface area contributed by atoms with Crippen LogP contribution in [-0.2, 0) is 28.7 Å². The number of quaternary nitrogens is 1. The highest BCUT2D eigenvalue weighted by atomic mass is 16.6. The summed E-state index contributed by atoms with van der Waals surface area (Å²) in [7, 11) is 7.06. The molecular weight excluding hydrogens is 444 g/mol. The minimum absolute atomic E-state index is 0.0115. The number of nitrogens with zero attached hydrogens (tertiary/aromatic N) is 2. The molecule has 8 N–H and O–H groups in total. The highest BCUT2D eigenvalue weighted by Crippen LogP contribution is 2.06. The van der Waals surface area contributed by atoms with E-state index in [-0.39, 0.29) is 31.4 Å². The molecule has 33 heavy (non-hydrogen) atoms. The smallest absolute Gasteiger partial charge is 0.351 e. The Morgan fingerprint density at radius 3 is 1.58 bits per heavy atom. The molecule has 0 unspecified atom stereocenters. The monoisotopic (exact) mass is 480 g/mol. The van der Waals surface area contributed by atoms with E-state index < -0.39 is 36.0 Å². The molecule has 0 bridgehead atoms. The predicted molar refractivity (Wildman–Crippen MR) is 116 cm³/mol.